The lowest BCUT2D eigenvalue weighted by Gasteiger charge is -2.34. The zero-order chi connectivity index (χ0) is 20.7. The van der Waals surface area contributed by atoms with Crippen LogP contribution in [0, 0.1) is 5.92 Å². The minimum atomic E-state index is -0.372. The van der Waals surface area contributed by atoms with E-state index in [1.807, 2.05) is 60.7 Å². The standard InChI is InChI=1S/C25H21ClN2O2/c26-18-10-8-15(9-11-18)17-13-22-24(23(30)14-17)25(16-4-3-5-19(29)12-16)28-21-7-2-1-6-20(21)27-22/h1-12,17,24-25,28-29H,13-14H2/t17-,24-,25+/m0/s1. The third-order valence-corrected chi connectivity index (χ3v) is 6.24. The Morgan fingerprint density at radius 2 is 1.73 bits per heavy atom. The highest BCUT2D eigenvalue weighted by atomic mass is 35.5. The van der Waals surface area contributed by atoms with E-state index >= 15 is 0 Å². The van der Waals surface area contributed by atoms with Crippen LogP contribution in [0.1, 0.15) is 35.9 Å². The second-order valence-corrected chi connectivity index (χ2v) is 8.37. The van der Waals surface area contributed by atoms with Crippen molar-refractivity contribution in [2.45, 2.75) is 24.8 Å². The molecular formula is C25H21ClN2O2. The van der Waals surface area contributed by atoms with Crippen LogP contribution in [0.15, 0.2) is 77.8 Å². The predicted octanol–water partition coefficient (Wildman–Crippen LogP) is 6.05. The van der Waals surface area contributed by atoms with Crippen molar-refractivity contribution in [2.24, 2.45) is 10.9 Å². The van der Waals surface area contributed by atoms with Crippen molar-refractivity contribution in [2.75, 3.05) is 5.32 Å². The number of benzene rings is 3. The van der Waals surface area contributed by atoms with E-state index < -0.39 is 0 Å². The molecule has 2 aliphatic rings. The number of nitrogens with zero attached hydrogens (tertiary/aromatic N) is 1. The molecule has 0 amide bonds. The SMILES string of the molecule is O=C1C[C@@H](c2ccc(Cl)cc2)CC2=Nc3ccccc3N[C@H](c3cccc(O)c3)[C@H]12. The number of ketones is 1. The van der Waals surface area contributed by atoms with E-state index in [1.54, 1.807) is 12.1 Å². The summed E-state index contributed by atoms with van der Waals surface area (Å²) in [6.07, 6.45) is 1.17. The molecule has 5 heteroatoms. The lowest BCUT2D eigenvalue weighted by atomic mass is 9.72. The minimum Gasteiger partial charge on any atom is -0.508 e. The number of hydrogen-bond donors (Lipinski definition) is 2. The first-order chi connectivity index (χ1) is 14.6. The fraction of sp³-hybridized carbons (Fsp3) is 0.200. The van der Waals surface area contributed by atoms with Crippen LogP contribution in [0.2, 0.25) is 5.02 Å². The van der Waals surface area contributed by atoms with Crippen molar-refractivity contribution in [1.29, 1.82) is 0 Å². The van der Waals surface area contributed by atoms with Crippen LogP contribution >= 0.6 is 11.6 Å². The molecular weight excluding hydrogens is 396 g/mol. The lowest BCUT2D eigenvalue weighted by Crippen LogP contribution is -2.38. The van der Waals surface area contributed by atoms with E-state index in [0.717, 1.165) is 28.2 Å². The monoisotopic (exact) mass is 416 g/mol. The van der Waals surface area contributed by atoms with E-state index in [0.29, 0.717) is 17.9 Å². The largest absolute Gasteiger partial charge is 0.508 e. The Labute approximate surface area is 180 Å². The highest BCUT2D eigenvalue weighted by Crippen LogP contribution is 2.44. The summed E-state index contributed by atoms with van der Waals surface area (Å²) in [5.74, 6) is 0.0591. The maximum absolute atomic E-state index is 13.4. The van der Waals surface area contributed by atoms with Gasteiger partial charge in [0.05, 0.1) is 23.3 Å². The van der Waals surface area contributed by atoms with Gasteiger partial charge in [-0.25, -0.2) is 0 Å². The van der Waals surface area contributed by atoms with Gasteiger partial charge in [-0.15, -0.1) is 0 Å². The van der Waals surface area contributed by atoms with Gasteiger partial charge in [0.2, 0.25) is 0 Å². The van der Waals surface area contributed by atoms with Gasteiger partial charge in [0.15, 0.2) is 0 Å². The summed E-state index contributed by atoms with van der Waals surface area (Å²) >= 11 is 6.05. The van der Waals surface area contributed by atoms with Gasteiger partial charge in [0, 0.05) is 17.2 Å². The molecule has 0 saturated heterocycles. The number of para-hydroxylation sites is 2. The fourth-order valence-corrected chi connectivity index (χ4v) is 4.69. The average Bonchev–Trinajstić information content (AvgIpc) is 2.91. The van der Waals surface area contributed by atoms with Gasteiger partial charge < -0.3 is 10.4 Å². The molecule has 0 spiro atoms. The first-order valence-electron chi connectivity index (χ1n) is 10.1. The first kappa shape index (κ1) is 18.9. The Bertz CT molecular complexity index is 1140. The molecule has 1 fully saturated rings. The Morgan fingerprint density at radius 1 is 0.933 bits per heavy atom. The van der Waals surface area contributed by atoms with Gasteiger partial charge in [-0.05, 0) is 59.9 Å². The smallest absolute Gasteiger partial charge is 0.144 e. The van der Waals surface area contributed by atoms with Crippen LogP contribution in [0.5, 0.6) is 5.75 Å². The quantitative estimate of drug-likeness (QED) is 0.534. The van der Waals surface area contributed by atoms with Crippen molar-refractivity contribution in [3.05, 3.63) is 88.9 Å². The maximum Gasteiger partial charge on any atom is 0.144 e. The van der Waals surface area contributed by atoms with E-state index in [2.05, 4.69) is 5.32 Å². The summed E-state index contributed by atoms with van der Waals surface area (Å²) < 4.78 is 0. The molecule has 30 heavy (non-hydrogen) atoms. The average molecular weight is 417 g/mol. The van der Waals surface area contributed by atoms with Crippen LogP contribution in [-0.2, 0) is 4.79 Å². The molecule has 5 rings (SSSR count). The molecule has 0 bridgehead atoms. The summed E-state index contributed by atoms with van der Waals surface area (Å²) in [5, 5.41) is 14.2. The molecule has 1 aliphatic carbocycles. The zero-order valence-electron chi connectivity index (χ0n) is 16.3. The third-order valence-electron chi connectivity index (χ3n) is 5.99. The number of hydrogen-bond acceptors (Lipinski definition) is 4. The minimum absolute atomic E-state index is 0.0832. The van der Waals surface area contributed by atoms with E-state index in [1.165, 1.54) is 0 Å². The lowest BCUT2D eigenvalue weighted by molar-refractivity contribution is -0.122. The summed E-state index contributed by atoms with van der Waals surface area (Å²) in [7, 11) is 0. The Balaban J connectivity index is 1.59. The second kappa shape index (κ2) is 7.62. The number of aliphatic imine (C=N–C) groups is 1. The molecule has 1 saturated carbocycles. The molecule has 3 aromatic carbocycles. The van der Waals surface area contributed by atoms with Gasteiger partial charge >= 0.3 is 0 Å². The number of rotatable bonds is 2. The van der Waals surface area contributed by atoms with Crippen LogP contribution in [0.25, 0.3) is 0 Å². The molecule has 1 aliphatic heterocycles. The summed E-state index contributed by atoms with van der Waals surface area (Å²) in [6.45, 7) is 0. The number of phenolic OH excluding ortho intramolecular Hbond substituents is 1. The van der Waals surface area contributed by atoms with Crippen molar-refractivity contribution in [1.82, 2.24) is 0 Å². The topological polar surface area (TPSA) is 61.7 Å². The van der Waals surface area contributed by atoms with E-state index in [4.69, 9.17) is 16.6 Å². The molecule has 2 N–H and O–H groups in total. The molecule has 4 nitrogen and oxygen atoms in total. The van der Waals surface area contributed by atoms with Crippen molar-refractivity contribution < 1.29 is 9.90 Å². The summed E-state index contributed by atoms with van der Waals surface area (Å²) in [6, 6.07) is 22.4. The van der Waals surface area contributed by atoms with Gasteiger partial charge in [-0.2, -0.15) is 0 Å². The number of phenols is 1. The number of carbonyl (C=O) groups excluding carboxylic acids is 1. The highest BCUT2D eigenvalue weighted by molar-refractivity contribution is 6.30. The van der Waals surface area contributed by atoms with Crippen LogP contribution in [-0.4, -0.2) is 16.6 Å². The van der Waals surface area contributed by atoms with Crippen molar-refractivity contribution >= 4 is 34.5 Å². The number of Topliss-reactive ketones (excluding diaryl/α,β-unsaturated/α-hetero) is 1. The van der Waals surface area contributed by atoms with Crippen molar-refractivity contribution in [3.63, 3.8) is 0 Å². The zero-order valence-corrected chi connectivity index (χ0v) is 17.0. The first-order valence-corrected chi connectivity index (χ1v) is 10.5. The second-order valence-electron chi connectivity index (χ2n) is 7.94. The Hall–Kier alpha value is -3.11. The molecule has 1 heterocycles. The number of nitrogens with one attached hydrogen (secondary N) is 1. The number of halogens is 1. The molecule has 0 unspecified atom stereocenters. The van der Waals surface area contributed by atoms with Crippen LogP contribution in [0.3, 0.4) is 0 Å². The predicted molar refractivity (Wildman–Crippen MR) is 120 cm³/mol. The maximum atomic E-state index is 13.4. The molecule has 150 valence electrons. The van der Waals surface area contributed by atoms with Crippen LogP contribution < -0.4 is 5.32 Å². The molecule has 3 atom stereocenters. The van der Waals surface area contributed by atoms with Gasteiger partial charge in [0.1, 0.15) is 11.5 Å². The van der Waals surface area contributed by atoms with E-state index in [-0.39, 0.29) is 29.4 Å². The van der Waals surface area contributed by atoms with Crippen LogP contribution in [0.4, 0.5) is 11.4 Å². The number of fused-ring (bicyclic) bond motifs is 2. The van der Waals surface area contributed by atoms with Gasteiger partial charge in [0.25, 0.3) is 0 Å². The molecule has 3 aromatic rings. The summed E-state index contributed by atoms with van der Waals surface area (Å²) in [4.78, 5) is 18.4. The molecule has 0 radical (unpaired) electrons. The normalized spacial score (nSPS) is 22.9. The fourth-order valence-electron chi connectivity index (χ4n) is 4.56. The highest BCUT2D eigenvalue weighted by Gasteiger charge is 2.41. The third kappa shape index (κ3) is 3.48. The summed E-state index contributed by atoms with van der Waals surface area (Å²) in [5.41, 5.74) is 4.60. The number of anilines is 1. The van der Waals surface area contributed by atoms with Gasteiger partial charge in [-0.3, -0.25) is 9.79 Å². The Morgan fingerprint density at radius 3 is 2.53 bits per heavy atom. The Kier molecular flexibility index (Phi) is 4.80. The van der Waals surface area contributed by atoms with Gasteiger partial charge in [-0.1, -0.05) is 48.0 Å². The number of aromatic hydroxyl groups is 1. The number of carbonyl (C=O) groups is 1. The van der Waals surface area contributed by atoms with E-state index in [9.17, 15) is 9.90 Å². The van der Waals surface area contributed by atoms with Crippen molar-refractivity contribution in [3.8, 4) is 5.75 Å². The molecule has 0 aromatic heterocycles.